The third-order valence-corrected chi connectivity index (χ3v) is 4.53. The predicted octanol–water partition coefficient (Wildman–Crippen LogP) is 0.0995. The number of nitrogens with zero attached hydrogens (tertiary/aromatic N) is 2. The quantitative estimate of drug-likeness (QED) is 0.822. The van der Waals surface area contributed by atoms with Crippen molar-refractivity contribution < 1.29 is 19.7 Å². The first-order chi connectivity index (χ1) is 10.7. The number of hydrogen-bond acceptors (Lipinski definition) is 6. The molecular weight excluding hydrogens is 284 g/mol. The number of benzene rings is 1. The zero-order valence-electron chi connectivity index (χ0n) is 12.9. The number of piperazine rings is 1. The van der Waals surface area contributed by atoms with Crippen LogP contribution in [0.2, 0.25) is 0 Å². The van der Waals surface area contributed by atoms with Crippen molar-refractivity contribution in [2.45, 2.75) is 12.1 Å². The number of ether oxygens (including phenoxy) is 2. The highest BCUT2D eigenvalue weighted by atomic mass is 16.5. The van der Waals surface area contributed by atoms with Crippen LogP contribution in [0.5, 0.6) is 11.5 Å². The smallest absolute Gasteiger partial charge is 0.166 e. The van der Waals surface area contributed by atoms with E-state index in [9.17, 15) is 5.11 Å². The van der Waals surface area contributed by atoms with Crippen LogP contribution in [0.3, 0.4) is 0 Å². The van der Waals surface area contributed by atoms with E-state index in [1.165, 1.54) is 0 Å². The van der Waals surface area contributed by atoms with Gasteiger partial charge in [0.05, 0.1) is 19.8 Å². The highest BCUT2D eigenvalue weighted by Gasteiger charge is 2.36. The molecule has 1 aromatic carbocycles. The Morgan fingerprint density at radius 1 is 1.27 bits per heavy atom. The fourth-order valence-corrected chi connectivity index (χ4v) is 3.39. The molecule has 2 N–H and O–H groups in total. The van der Waals surface area contributed by atoms with E-state index in [-0.39, 0.29) is 19.3 Å². The average Bonchev–Trinajstić information content (AvgIpc) is 2.55. The van der Waals surface area contributed by atoms with Crippen LogP contribution in [0.25, 0.3) is 0 Å². The number of methoxy groups -OCH3 is 1. The molecule has 2 aliphatic heterocycles. The number of aliphatic hydroxyl groups is 2. The molecule has 0 spiro atoms. The van der Waals surface area contributed by atoms with Gasteiger partial charge in [0.2, 0.25) is 0 Å². The van der Waals surface area contributed by atoms with Crippen molar-refractivity contribution in [1.82, 2.24) is 9.80 Å². The van der Waals surface area contributed by atoms with Gasteiger partial charge in [-0.2, -0.15) is 0 Å². The molecule has 0 radical (unpaired) electrons. The molecule has 6 heteroatoms. The molecule has 22 heavy (non-hydrogen) atoms. The largest absolute Gasteiger partial charge is 0.493 e. The minimum atomic E-state index is -0.538. The second kappa shape index (κ2) is 6.83. The van der Waals surface area contributed by atoms with Gasteiger partial charge in [0, 0.05) is 38.3 Å². The minimum absolute atomic E-state index is 0.0601. The van der Waals surface area contributed by atoms with E-state index in [2.05, 4.69) is 9.80 Å². The van der Waals surface area contributed by atoms with Gasteiger partial charge >= 0.3 is 0 Å². The Balaban J connectivity index is 1.80. The van der Waals surface area contributed by atoms with Crippen LogP contribution in [0.4, 0.5) is 0 Å². The van der Waals surface area contributed by atoms with E-state index in [1.54, 1.807) is 7.11 Å². The molecule has 6 nitrogen and oxygen atoms in total. The van der Waals surface area contributed by atoms with Gasteiger partial charge < -0.3 is 19.7 Å². The number of para-hydroxylation sites is 1. The zero-order valence-corrected chi connectivity index (χ0v) is 12.9. The van der Waals surface area contributed by atoms with Crippen LogP contribution < -0.4 is 9.47 Å². The fourth-order valence-electron chi connectivity index (χ4n) is 3.39. The van der Waals surface area contributed by atoms with Gasteiger partial charge in [-0.3, -0.25) is 9.80 Å². The Morgan fingerprint density at radius 2 is 2.05 bits per heavy atom. The van der Waals surface area contributed by atoms with Crippen molar-refractivity contribution in [3.8, 4) is 11.5 Å². The molecule has 0 aliphatic carbocycles. The summed E-state index contributed by atoms with van der Waals surface area (Å²) in [7, 11) is 1.63. The lowest BCUT2D eigenvalue weighted by molar-refractivity contribution is -0.0201. The molecule has 0 bridgehead atoms. The maximum atomic E-state index is 10.4. The number of rotatable bonds is 4. The van der Waals surface area contributed by atoms with Gasteiger partial charge in [0.25, 0.3) is 0 Å². The van der Waals surface area contributed by atoms with E-state index in [4.69, 9.17) is 14.6 Å². The molecule has 2 aliphatic rings. The van der Waals surface area contributed by atoms with Crippen LogP contribution in [-0.4, -0.2) is 79.2 Å². The van der Waals surface area contributed by atoms with Crippen LogP contribution in [0.15, 0.2) is 18.2 Å². The van der Waals surface area contributed by atoms with Crippen molar-refractivity contribution in [1.29, 1.82) is 0 Å². The average molecular weight is 308 g/mol. The Morgan fingerprint density at radius 3 is 2.73 bits per heavy atom. The Labute approximate surface area is 130 Å². The SMILES string of the molecule is COc1cccc2c1OCC(O)C2N1CCN(CCO)CC1. The van der Waals surface area contributed by atoms with Gasteiger partial charge in [-0.1, -0.05) is 12.1 Å². The lowest BCUT2D eigenvalue weighted by atomic mass is 9.95. The molecule has 0 aromatic heterocycles. The Hall–Kier alpha value is -1.34. The zero-order chi connectivity index (χ0) is 15.5. The van der Waals surface area contributed by atoms with Crippen molar-refractivity contribution in [2.75, 3.05) is 53.0 Å². The molecule has 2 heterocycles. The second-order valence-electron chi connectivity index (χ2n) is 5.80. The van der Waals surface area contributed by atoms with Gasteiger partial charge in [-0.05, 0) is 6.07 Å². The molecular formula is C16H24N2O4. The molecule has 0 amide bonds. The standard InChI is InChI=1S/C16H24N2O4/c1-21-14-4-2-3-12-15(13(20)11-22-16(12)14)18-7-5-17(6-8-18)9-10-19/h2-4,13,15,19-20H,5-11H2,1H3. The molecule has 3 rings (SSSR count). The van der Waals surface area contributed by atoms with Gasteiger partial charge in [0.15, 0.2) is 11.5 Å². The lowest BCUT2D eigenvalue weighted by Gasteiger charge is -2.43. The van der Waals surface area contributed by atoms with Crippen LogP contribution in [-0.2, 0) is 0 Å². The third kappa shape index (κ3) is 2.92. The number of β-amino-alcohol motifs (C(OH)–C–C–N with tert-alkyl or cyclic N) is 1. The van der Waals surface area contributed by atoms with E-state index >= 15 is 0 Å². The highest BCUT2D eigenvalue weighted by Crippen LogP contribution is 2.42. The van der Waals surface area contributed by atoms with Crippen LogP contribution >= 0.6 is 0 Å². The maximum absolute atomic E-state index is 10.4. The summed E-state index contributed by atoms with van der Waals surface area (Å²) in [6, 6.07) is 5.77. The lowest BCUT2D eigenvalue weighted by Crippen LogP contribution is -2.52. The Bertz CT molecular complexity index is 503. The molecule has 2 unspecified atom stereocenters. The van der Waals surface area contributed by atoms with Gasteiger partial charge in [-0.25, -0.2) is 0 Å². The molecule has 2 atom stereocenters. The minimum Gasteiger partial charge on any atom is -0.493 e. The van der Waals surface area contributed by atoms with Crippen molar-refractivity contribution in [3.05, 3.63) is 23.8 Å². The normalized spacial score (nSPS) is 26.3. The summed E-state index contributed by atoms with van der Waals surface area (Å²) in [6.07, 6.45) is -0.538. The molecule has 122 valence electrons. The summed E-state index contributed by atoms with van der Waals surface area (Å²) in [6.45, 7) is 4.76. The monoisotopic (exact) mass is 308 g/mol. The summed E-state index contributed by atoms with van der Waals surface area (Å²) < 4.78 is 11.1. The van der Waals surface area contributed by atoms with Crippen LogP contribution in [0, 0.1) is 0 Å². The van der Waals surface area contributed by atoms with Crippen molar-refractivity contribution >= 4 is 0 Å². The predicted molar refractivity (Wildman–Crippen MR) is 82.3 cm³/mol. The molecule has 0 saturated carbocycles. The molecule has 1 fully saturated rings. The number of hydrogen-bond donors (Lipinski definition) is 2. The second-order valence-corrected chi connectivity index (χ2v) is 5.80. The summed E-state index contributed by atoms with van der Waals surface area (Å²) in [5.74, 6) is 1.46. The van der Waals surface area contributed by atoms with E-state index < -0.39 is 6.10 Å². The first-order valence-corrected chi connectivity index (χ1v) is 7.79. The van der Waals surface area contributed by atoms with Crippen LogP contribution in [0.1, 0.15) is 11.6 Å². The fraction of sp³-hybridized carbons (Fsp3) is 0.625. The topological polar surface area (TPSA) is 65.4 Å². The highest BCUT2D eigenvalue weighted by molar-refractivity contribution is 5.49. The van der Waals surface area contributed by atoms with E-state index in [0.717, 1.165) is 37.5 Å². The summed E-state index contributed by atoms with van der Waals surface area (Å²) >= 11 is 0. The number of fused-ring (bicyclic) bond motifs is 1. The van der Waals surface area contributed by atoms with Gasteiger partial charge in [-0.15, -0.1) is 0 Å². The maximum Gasteiger partial charge on any atom is 0.166 e. The number of aliphatic hydroxyl groups excluding tert-OH is 2. The first kappa shape index (κ1) is 15.6. The third-order valence-electron chi connectivity index (χ3n) is 4.53. The summed E-state index contributed by atoms with van der Waals surface area (Å²) in [5, 5.41) is 19.5. The van der Waals surface area contributed by atoms with E-state index in [0.29, 0.717) is 12.3 Å². The first-order valence-electron chi connectivity index (χ1n) is 7.79. The van der Waals surface area contributed by atoms with Crippen molar-refractivity contribution in [3.63, 3.8) is 0 Å². The molecule has 1 aromatic rings. The van der Waals surface area contributed by atoms with Crippen molar-refractivity contribution in [2.24, 2.45) is 0 Å². The summed E-state index contributed by atoms with van der Waals surface area (Å²) in [5.41, 5.74) is 0.994. The Kier molecular flexibility index (Phi) is 4.83. The van der Waals surface area contributed by atoms with Gasteiger partial charge in [0.1, 0.15) is 12.7 Å². The summed E-state index contributed by atoms with van der Waals surface area (Å²) in [4.78, 5) is 4.55. The molecule has 1 saturated heterocycles. The van der Waals surface area contributed by atoms with E-state index in [1.807, 2.05) is 18.2 Å².